The van der Waals surface area contributed by atoms with E-state index in [1.54, 1.807) is 12.1 Å². The molecule has 0 saturated carbocycles. The number of ether oxygens (including phenoxy) is 1. The van der Waals surface area contributed by atoms with Crippen LogP contribution in [0.4, 0.5) is 11.4 Å². The van der Waals surface area contributed by atoms with Crippen molar-refractivity contribution in [3.05, 3.63) is 68.8 Å². The van der Waals surface area contributed by atoms with E-state index >= 15 is 0 Å². The van der Waals surface area contributed by atoms with Crippen LogP contribution in [0.5, 0.6) is 11.5 Å². The van der Waals surface area contributed by atoms with E-state index < -0.39 is 9.85 Å². The fourth-order valence-corrected chi connectivity index (χ4v) is 1.50. The van der Waals surface area contributed by atoms with Crippen molar-refractivity contribution in [2.24, 2.45) is 0 Å². The van der Waals surface area contributed by atoms with Crippen LogP contribution in [-0.4, -0.2) is 50.9 Å². The summed E-state index contributed by atoms with van der Waals surface area (Å²) in [7, 11) is 0. The third-order valence-electron chi connectivity index (χ3n) is 2.57. The molecule has 3 N–H and O–H groups in total. The van der Waals surface area contributed by atoms with Crippen LogP contribution in [0.15, 0.2) is 48.5 Å². The van der Waals surface area contributed by atoms with Gasteiger partial charge in [0.2, 0.25) is 0 Å². The maximum Gasteiger partial charge on any atom is 0.310 e. The standard InChI is InChI=1S/C8H9NO4.C6H5NO3.C2H5ClO/c10-5-6-13-8-4-2-1-3-7(8)9(11)12;8-6-4-2-1-3-5(6)7(9)10;3-1-2-4/h1-4,10H,5-6H2;1-4,8H;4H,1-2H2. The molecule has 0 aliphatic rings. The quantitative estimate of drug-likeness (QED) is 0.378. The van der Waals surface area contributed by atoms with Crippen molar-refractivity contribution in [1.29, 1.82) is 0 Å². The zero-order valence-corrected chi connectivity index (χ0v) is 14.9. The van der Waals surface area contributed by atoms with Crippen molar-refractivity contribution in [1.82, 2.24) is 0 Å². The number of benzene rings is 2. The highest BCUT2D eigenvalue weighted by Gasteiger charge is 2.12. The lowest BCUT2D eigenvalue weighted by Crippen LogP contribution is -2.03. The number of hydrogen-bond acceptors (Lipinski definition) is 8. The minimum Gasteiger partial charge on any atom is -0.502 e. The summed E-state index contributed by atoms with van der Waals surface area (Å²) in [6.07, 6.45) is 0. The van der Waals surface area contributed by atoms with Crippen LogP contribution in [0.3, 0.4) is 0 Å². The largest absolute Gasteiger partial charge is 0.502 e. The lowest BCUT2D eigenvalue weighted by molar-refractivity contribution is -0.386. The number of alkyl halides is 1. The minimum absolute atomic E-state index is 0.0604. The highest BCUT2D eigenvalue weighted by atomic mass is 35.5. The molecule has 2 aromatic rings. The SMILES string of the molecule is O=[N+]([O-])c1ccccc1O.O=[N+]([O-])c1ccccc1OCCO.OCCCl. The molecule has 0 amide bonds. The molecule has 0 bridgehead atoms. The van der Waals surface area contributed by atoms with Crippen LogP contribution in [-0.2, 0) is 0 Å². The zero-order chi connectivity index (χ0) is 20.7. The first-order chi connectivity index (χ1) is 12.9. The molecule has 0 radical (unpaired) electrons. The van der Waals surface area contributed by atoms with E-state index in [0.29, 0.717) is 5.88 Å². The van der Waals surface area contributed by atoms with Crippen LogP contribution in [0.25, 0.3) is 0 Å². The Kier molecular flexibility index (Phi) is 12.7. The molecule has 10 nitrogen and oxygen atoms in total. The van der Waals surface area contributed by atoms with E-state index in [-0.39, 0.29) is 42.7 Å². The van der Waals surface area contributed by atoms with Crippen LogP contribution < -0.4 is 4.74 Å². The molecule has 2 aromatic carbocycles. The Morgan fingerprint density at radius 3 is 1.78 bits per heavy atom. The van der Waals surface area contributed by atoms with Gasteiger partial charge in [-0.25, -0.2) is 0 Å². The second-order valence-corrected chi connectivity index (χ2v) is 4.83. The van der Waals surface area contributed by atoms with Gasteiger partial charge in [-0.2, -0.15) is 0 Å². The highest BCUT2D eigenvalue weighted by molar-refractivity contribution is 6.17. The Morgan fingerprint density at radius 1 is 0.889 bits per heavy atom. The maximum atomic E-state index is 10.4. The molecule has 0 spiro atoms. The van der Waals surface area contributed by atoms with Crippen LogP contribution >= 0.6 is 11.6 Å². The summed E-state index contributed by atoms with van der Waals surface area (Å²) in [5.41, 5.74) is -0.349. The van der Waals surface area contributed by atoms with E-state index in [4.69, 9.17) is 31.7 Å². The Balaban J connectivity index is 0.000000428. The molecular formula is C16H19ClN2O8. The fourth-order valence-electron chi connectivity index (χ4n) is 1.50. The third kappa shape index (κ3) is 9.94. The first kappa shape index (κ1) is 24.1. The van der Waals surface area contributed by atoms with E-state index in [0.717, 1.165) is 0 Å². The number of halogens is 1. The number of aliphatic hydroxyl groups is 2. The average molecular weight is 403 g/mol. The van der Waals surface area contributed by atoms with Gasteiger partial charge in [0.15, 0.2) is 11.5 Å². The molecular weight excluding hydrogens is 384 g/mol. The predicted molar refractivity (Wildman–Crippen MR) is 98.2 cm³/mol. The van der Waals surface area contributed by atoms with Crippen molar-refractivity contribution in [3.8, 4) is 11.5 Å². The van der Waals surface area contributed by atoms with E-state index in [9.17, 15) is 20.2 Å². The molecule has 0 saturated heterocycles. The predicted octanol–water partition coefficient (Wildman–Crippen LogP) is 2.48. The average Bonchev–Trinajstić information content (AvgIpc) is 2.67. The summed E-state index contributed by atoms with van der Waals surface area (Å²) in [6, 6.07) is 11.6. The van der Waals surface area contributed by atoms with Gasteiger partial charge in [0.25, 0.3) is 0 Å². The molecule has 11 heteroatoms. The van der Waals surface area contributed by atoms with Gasteiger partial charge < -0.3 is 20.1 Å². The number of phenols is 1. The lowest BCUT2D eigenvalue weighted by atomic mass is 10.3. The number of nitro benzene ring substituents is 2. The summed E-state index contributed by atoms with van der Waals surface area (Å²) >= 11 is 4.94. The number of aromatic hydroxyl groups is 1. The molecule has 0 unspecified atom stereocenters. The second kappa shape index (κ2) is 14.2. The van der Waals surface area contributed by atoms with Crippen LogP contribution in [0.2, 0.25) is 0 Å². The molecule has 0 heterocycles. The Hall–Kier alpha value is -2.95. The number of aliphatic hydroxyl groups excluding tert-OH is 2. The van der Waals surface area contributed by atoms with Gasteiger partial charge in [0, 0.05) is 18.0 Å². The summed E-state index contributed by atoms with van der Waals surface area (Å²) in [5.74, 6) is 0.231. The molecule has 0 atom stereocenters. The number of hydrogen-bond donors (Lipinski definition) is 3. The Bertz CT molecular complexity index is 712. The summed E-state index contributed by atoms with van der Waals surface area (Å²) in [4.78, 5) is 19.4. The van der Waals surface area contributed by atoms with Gasteiger partial charge in [0.05, 0.1) is 23.1 Å². The van der Waals surface area contributed by atoms with Gasteiger partial charge in [0.1, 0.15) is 6.61 Å². The van der Waals surface area contributed by atoms with Crippen molar-refractivity contribution < 1.29 is 29.9 Å². The van der Waals surface area contributed by atoms with Crippen LogP contribution in [0, 0.1) is 20.2 Å². The highest BCUT2D eigenvalue weighted by Crippen LogP contribution is 2.25. The number of rotatable bonds is 6. The normalized spacial score (nSPS) is 9.15. The van der Waals surface area contributed by atoms with E-state index in [1.165, 1.54) is 36.4 Å². The molecule has 0 aromatic heterocycles. The Morgan fingerprint density at radius 2 is 1.37 bits per heavy atom. The summed E-state index contributed by atoms with van der Waals surface area (Å²) in [6.45, 7) is -0.0154. The number of phenolic OH excluding ortho intramolecular Hbond substituents is 1. The third-order valence-corrected chi connectivity index (χ3v) is 2.74. The number of para-hydroxylation sites is 4. The zero-order valence-electron chi connectivity index (χ0n) is 14.1. The molecule has 0 aliphatic carbocycles. The molecule has 148 valence electrons. The Labute approximate surface area is 159 Å². The first-order valence-corrected chi connectivity index (χ1v) is 7.98. The van der Waals surface area contributed by atoms with Gasteiger partial charge in [-0.15, -0.1) is 11.6 Å². The van der Waals surface area contributed by atoms with Gasteiger partial charge in [-0.1, -0.05) is 24.3 Å². The van der Waals surface area contributed by atoms with Crippen LogP contribution in [0.1, 0.15) is 0 Å². The topological polar surface area (TPSA) is 156 Å². The van der Waals surface area contributed by atoms with E-state index in [1.807, 2.05) is 0 Å². The van der Waals surface area contributed by atoms with Crippen molar-refractivity contribution in [2.45, 2.75) is 0 Å². The van der Waals surface area contributed by atoms with Crippen molar-refractivity contribution in [2.75, 3.05) is 25.7 Å². The maximum absolute atomic E-state index is 10.4. The fraction of sp³-hybridized carbons (Fsp3) is 0.250. The first-order valence-electron chi connectivity index (χ1n) is 7.45. The summed E-state index contributed by atoms with van der Waals surface area (Å²) in [5, 5.41) is 45.6. The molecule has 0 fully saturated rings. The van der Waals surface area contributed by atoms with Crippen molar-refractivity contribution >= 4 is 23.0 Å². The van der Waals surface area contributed by atoms with Gasteiger partial charge in [-0.05, 0) is 12.1 Å². The summed E-state index contributed by atoms with van der Waals surface area (Å²) < 4.78 is 4.96. The van der Waals surface area contributed by atoms with Crippen molar-refractivity contribution in [3.63, 3.8) is 0 Å². The molecule has 2 rings (SSSR count). The van der Waals surface area contributed by atoms with Gasteiger partial charge in [-0.3, -0.25) is 20.2 Å². The second-order valence-electron chi connectivity index (χ2n) is 4.46. The number of nitro groups is 2. The number of nitrogens with zero attached hydrogens (tertiary/aromatic N) is 2. The minimum atomic E-state index is -0.630. The smallest absolute Gasteiger partial charge is 0.310 e. The van der Waals surface area contributed by atoms with E-state index in [2.05, 4.69) is 0 Å². The monoisotopic (exact) mass is 402 g/mol. The molecule has 0 aliphatic heterocycles. The molecule has 27 heavy (non-hydrogen) atoms. The van der Waals surface area contributed by atoms with Gasteiger partial charge >= 0.3 is 11.4 Å². The lowest BCUT2D eigenvalue weighted by Gasteiger charge is -2.03.